The highest BCUT2D eigenvalue weighted by atomic mass is 19.4. The van der Waals surface area contributed by atoms with Gasteiger partial charge in [0.25, 0.3) is 0 Å². The summed E-state index contributed by atoms with van der Waals surface area (Å²) in [7, 11) is 0. The van der Waals surface area contributed by atoms with Gasteiger partial charge >= 0.3 is 12.1 Å². The van der Waals surface area contributed by atoms with Crippen molar-refractivity contribution in [2.75, 3.05) is 5.32 Å². The van der Waals surface area contributed by atoms with Gasteiger partial charge in [0.2, 0.25) is 0 Å². The number of carboxylic acid groups (broad SMARTS) is 1. The molecule has 0 saturated heterocycles. The number of nitrogens with zero attached hydrogens (tertiary/aromatic N) is 2. The van der Waals surface area contributed by atoms with Gasteiger partial charge in [0.1, 0.15) is 11.5 Å². The Hall–Kier alpha value is -3.42. The van der Waals surface area contributed by atoms with Crippen molar-refractivity contribution in [3.8, 4) is 11.1 Å². The molecule has 2 N–H and O–H groups in total. The van der Waals surface area contributed by atoms with Gasteiger partial charge in [0, 0.05) is 18.2 Å². The van der Waals surface area contributed by atoms with E-state index in [1.54, 1.807) is 12.3 Å². The monoisotopic (exact) mass is 469 g/mol. The molecule has 1 saturated carbocycles. The SMILES string of the molecule is Cc1nc(C(F)(F)F)ccc1Nc1ccc(-c2ccc([C@H]3CC[C@H](CC(=O)O)CC3)cc2)cn1. The van der Waals surface area contributed by atoms with Crippen LogP contribution in [0, 0.1) is 12.8 Å². The molecular weight excluding hydrogens is 443 g/mol. The Morgan fingerprint density at radius 2 is 1.68 bits per heavy atom. The van der Waals surface area contributed by atoms with Gasteiger partial charge in [-0.05, 0) is 79.8 Å². The van der Waals surface area contributed by atoms with Gasteiger partial charge in [-0.3, -0.25) is 4.79 Å². The molecule has 0 spiro atoms. The normalized spacial score (nSPS) is 18.5. The van der Waals surface area contributed by atoms with Crippen LogP contribution in [0.4, 0.5) is 24.7 Å². The number of halogens is 3. The molecule has 0 amide bonds. The number of aliphatic carboxylic acids is 1. The van der Waals surface area contributed by atoms with Crippen LogP contribution in [-0.4, -0.2) is 21.0 Å². The minimum absolute atomic E-state index is 0.244. The zero-order chi connectivity index (χ0) is 24.3. The number of carboxylic acids is 1. The number of rotatable bonds is 6. The summed E-state index contributed by atoms with van der Waals surface area (Å²) in [4.78, 5) is 18.9. The number of hydrogen-bond acceptors (Lipinski definition) is 4. The lowest BCUT2D eigenvalue weighted by atomic mass is 9.77. The van der Waals surface area contributed by atoms with Gasteiger partial charge in [0.05, 0.1) is 11.4 Å². The van der Waals surface area contributed by atoms with Crippen molar-refractivity contribution in [1.29, 1.82) is 0 Å². The first-order valence-corrected chi connectivity index (χ1v) is 11.3. The average molecular weight is 470 g/mol. The minimum atomic E-state index is -4.47. The van der Waals surface area contributed by atoms with Crippen LogP contribution < -0.4 is 5.32 Å². The molecule has 8 heteroatoms. The van der Waals surface area contributed by atoms with Gasteiger partial charge in [-0.1, -0.05) is 24.3 Å². The van der Waals surface area contributed by atoms with E-state index in [1.807, 2.05) is 6.07 Å². The Labute approximate surface area is 196 Å². The number of pyridine rings is 2. The minimum Gasteiger partial charge on any atom is -0.481 e. The maximum Gasteiger partial charge on any atom is 0.433 e. The zero-order valence-corrected chi connectivity index (χ0v) is 18.8. The number of benzene rings is 1. The molecule has 1 aliphatic carbocycles. The van der Waals surface area contributed by atoms with Crippen molar-refractivity contribution in [2.24, 2.45) is 5.92 Å². The van der Waals surface area contributed by atoms with Crippen molar-refractivity contribution in [2.45, 2.75) is 51.1 Å². The molecule has 2 heterocycles. The Bertz CT molecular complexity index is 1140. The van der Waals surface area contributed by atoms with Crippen LogP contribution in [0.25, 0.3) is 11.1 Å². The molecule has 0 aliphatic heterocycles. The maximum absolute atomic E-state index is 12.8. The van der Waals surface area contributed by atoms with E-state index >= 15 is 0 Å². The smallest absolute Gasteiger partial charge is 0.433 e. The van der Waals surface area contributed by atoms with E-state index in [-0.39, 0.29) is 18.0 Å². The van der Waals surface area contributed by atoms with Crippen molar-refractivity contribution < 1.29 is 23.1 Å². The van der Waals surface area contributed by atoms with Gasteiger partial charge in [-0.25, -0.2) is 9.97 Å². The van der Waals surface area contributed by atoms with E-state index in [2.05, 4.69) is 39.6 Å². The number of aryl methyl sites for hydroxylation is 1. The molecule has 1 aliphatic rings. The summed E-state index contributed by atoms with van der Waals surface area (Å²) in [5.41, 5.74) is 3.02. The molecule has 2 aromatic heterocycles. The molecule has 178 valence electrons. The third-order valence-corrected chi connectivity index (χ3v) is 6.43. The van der Waals surface area contributed by atoms with Crippen LogP contribution in [0.3, 0.4) is 0 Å². The Kier molecular flexibility index (Phi) is 6.86. The summed E-state index contributed by atoms with van der Waals surface area (Å²) >= 11 is 0. The van der Waals surface area contributed by atoms with Gasteiger partial charge in [0.15, 0.2) is 0 Å². The third kappa shape index (κ3) is 5.73. The lowest BCUT2D eigenvalue weighted by Crippen LogP contribution is -2.16. The van der Waals surface area contributed by atoms with Crippen LogP contribution in [0.1, 0.15) is 55.0 Å². The van der Waals surface area contributed by atoms with E-state index in [4.69, 9.17) is 5.11 Å². The number of hydrogen-bond donors (Lipinski definition) is 2. The van der Waals surface area contributed by atoms with Crippen LogP contribution in [0.2, 0.25) is 0 Å². The van der Waals surface area contributed by atoms with Crippen molar-refractivity contribution in [3.63, 3.8) is 0 Å². The second-order valence-corrected chi connectivity index (χ2v) is 8.82. The van der Waals surface area contributed by atoms with Gasteiger partial charge < -0.3 is 10.4 Å². The summed E-state index contributed by atoms with van der Waals surface area (Å²) in [6.45, 7) is 1.52. The topological polar surface area (TPSA) is 75.1 Å². The molecular formula is C26H26F3N3O2. The molecule has 34 heavy (non-hydrogen) atoms. The molecule has 0 radical (unpaired) electrons. The third-order valence-electron chi connectivity index (χ3n) is 6.43. The number of anilines is 2. The first kappa shape index (κ1) is 23.7. The molecule has 5 nitrogen and oxygen atoms in total. The molecule has 0 unspecified atom stereocenters. The number of carbonyl (C=O) groups is 1. The molecule has 0 atom stereocenters. The van der Waals surface area contributed by atoms with Crippen LogP contribution in [-0.2, 0) is 11.0 Å². The van der Waals surface area contributed by atoms with Crippen molar-refractivity contribution >= 4 is 17.5 Å². The van der Waals surface area contributed by atoms with Crippen LogP contribution in [0.15, 0.2) is 54.7 Å². The highest BCUT2D eigenvalue weighted by Crippen LogP contribution is 2.37. The fourth-order valence-corrected chi connectivity index (χ4v) is 4.52. The molecule has 0 bridgehead atoms. The van der Waals surface area contributed by atoms with E-state index in [0.717, 1.165) is 42.9 Å². The molecule has 3 aromatic rings. The first-order valence-electron chi connectivity index (χ1n) is 11.3. The maximum atomic E-state index is 12.8. The average Bonchev–Trinajstić information content (AvgIpc) is 2.80. The summed E-state index contributed by atoms with van der Waals surface area (Å²) in [6.07, 6.45) is 1.43. The standard InChI is InChI=1S/C26H26F3N3O2/c1-16-22(11-12-23(31-16)26(27,28)29)32-24-13-10-21(15-30-24)20-8-6-19(7-9-20)18-4-2-17(3-5-18)14-25(33)34/h6-13,15,17-18H,2-5,14H2,1H3,(H,30,32)(H,33,34)/t17-,18-. The molecule has 1 fully saturated rings. The van der Waals surface area contributed by atoms with E-state index in [9.17, 15) is 18.0 Å². The number of aromatic nitrogens is 2. The van der Waals surface area contributed by atoms with Crippen molar-refractivity contribution in [1.82, 2.24) is 9.97 Å². The van der Waals surface area contributed by atoms with Gasteiger partial charge in [-0.2, -0.15) is 13.2 Å². The summed E-state index contributed by atoms with van der Waals surface area (Å²) in [5.74, 6) is 0.551. The molecule has 4 rings (SSSR count). The highest BCUT2D eigenvalue weighted by Gasteiger charge is 2.32. The van der Waals surface area contributed by atoms with Crippen LogP contribution in [0.5, 0.6) is 0 Å². The number of alkyl halides is 3. The second-order valence-electron chi connectivity index (χ2n) is 8.82. The number of nitrogens with one attached hydrogen (secondary N) is 1. The lowest BCUT2D eigenvalue weighted by molar-refractivity contribution is -0.141. The second kappa shape index (κ2) is 9.83. The Balaban J connectivity index is 1.38. The first-order chi connectivity index (χ1) is 16.2. The summed E-state index contributed by atoms with van der Waals surface area (Å²) in [6, 6.07) is 14.4. The quantitative estimate of drug-likeness (QED) is 0.408. The van der Waals surface area contributed by atoms with Gasteiger partial charge in [-0.15, -0.1) is 0 Å². The lowest BCUT2D eigenvalue weighted by Gasteiger charge is -2.28. The summed E-state index contributed by atoms with van der Waals surface area (Å²) < 4.78 is 38.4. The van der Waals surface area contributed by atoms with Crippen LogP contribution >= 0.6 is 0 Å². The molecule has 1 aromatic carbocycles. The van der Waals surface area contributed by atoms with E-state index in [1.165, 1.54) is 18.6 Å². The summed E-state index contributed by atoms with van der Waals surface area (Å²) in [5, 5.41) is 12.0. The fourth-order valence-electron chi connectivity index (χ4n) is 4.52. The largest absolute Gasteiger partial charge is 0.481 e. The zero-order valence-electron chi connectivity index (χ0n) is 18.8. The predicted octanol–water partition coefficient (Wildman–Crippen LogP) is 6.96. The Morgan fingerprint density at radius 3 is 2.24 bits per heavy atom. The fraction of sp³-hybridized carbons (Fsp3) is 0.346. The van der Waals surface area contributed by atoms with Crippen molar-refractivity contribution in [3.05, 3.63) is 71.7 Å². The predicted molar refractivity (Wildman–Crippen MR) is 124 cm³/mol. The van der Waals surface area contributed by atoms with E-state index in [0.29, 0.717) is 17.4 Å². The highest BCUT2D eigenvalue weighted by molar-refractivity contribution is 5.67. The van der Waals surface area contributed by atoms with E-state index < -0.39 is 17.8 Å². The Morgan fingerprint density at radius 1 is 1.00 bits per heavy atom.